The molecule has 0 heterocycles. The highest BCUT2D eigenvalue weighted by Crippen LogP contribution is 2.18. The Balaban J connectivity index is 1.54. The lowest BCUT2D eigenvalue weighted by Crippen LogP contribution is -2.02. The SMILES string of the molecule is CCc1ccccc1NCc1ccc(OCc2ccccc2)cc1. The molecule has 0 fully saturated rings. The van der Waals surface area contributed by atoms with Crippen molar-refractivity contribution >= 4 is 5.69 Å². The molecule has 0 aliphatic rings. The summed E-state index contributed by atoms with van der Waals surface area (Å²) in [6.07, 6.45) is 1.04. The van der Waals surface area contributed by atoms with Crippen molar-refractivity contribution in [2.75, 3.05) is 5.32 Å². The second kappa shape index (κ2) is 8.21. The van der Waals surface area contributed by atoms with Crippen molar-refractivity contribution in [3.63, 3.8) is 0 Å². The normalized spacial score (nSPS) is 10.4. The van der Waals surface area contributed by atoms with Crippen molar-refractivity contribution in [3.05, 3.63) is 95.6 Å². The highest BCUT2D eigenvalue weighted by molar-refractivity contribution is 5.51. The summed E-state index contributed by atoms with van der Waals surface area (Å²) in [6.45, 7) is 3.59. The van der Waals surface area contributed by atoms with Gasteiger partial charge in [0, 0.05) is 12.2 Å². The Morgan fingerprint density at radius 2 is 1.46 bits per heavy atom. The average Bonchev–Trinajstić information content (AvgIpc) is 2.66. The minimum absolute atomic E-state index is 0.600. The second-order valence-corrected chi connectivity index (χ2v) is 5.78. The summed E-state index contributed by atoms with van der Waals surface area (Å²) in [5, 5.41) is 3.52. The molecule has 0 atom stereocenters. The molecular formula is C22H23NO. The fraction of sp³-hybridized carbons (Fsp3) is 0.182. The summed E-state index contributed by atoms with van der Waals surface area (Å²) in [5.74, 6) is 0.900. The summed E-state index contributed by atoms with van der Waals surface area (Å²) in [7, 11) is 0. The molecule has 0 aliphatic carbocycles. The van der Waals surface area contributed by atoms with E-state index in [0.717, 1.165) is 18.7 Å². The van der Waals surface area contributed by atoms with E-state index in [0.29, 0.717) is 6.61 Å². The number of para-hydroxylation sites is 1. The van der Waals surface area contributed by atoms with Gasteiger partial charge in [0.25, 0.3) is 0 Å². The molecule has 1 N–H and O–H groups in total. The molecule has 0 aromatic heterocycles. The highest BCUT2D eigenvalue weighted by Gasteiger charge is 2.00. The molecule has 0 aliphatic heterocycles. The van der Waals surface area contributed by atoms with Gasteiger partial charge in [-0.15, -0.1) is 0 Å². The summed E-state index contributed by atoms with van der Waals surface area (Å²) in [5.41, 5.74) is 4.98. The number of anilines is 1. The topological polar surface area (TPSA) is 21.3 Å². The molecule has 0 bridgehead atoms. The van der Waals surface area contributed by atoms with Crippen molar-refractivity contribution in [1.29, 1.82) is 0 Å². The van der Waals surface area contributed by atoms with Gasteiger partial charge in [0.1, 0.15) is 12.4 Å². The maximum atomic E-state index is 5.83. The number of aryl methyl sites for hydroxylation is 1. The van der Waals surface area contributed by atoms with E-state index >= 15 is 0 Å². The summed E-state index contributed by atoms with van der Waals surface area (Å²) < 4.78 is 5.83. The van der Waals surface area contributed by atoms with Crippen LogP contribution in [0.3, 0.4) is 0 Å². The Morgan fingerprint density at radius 3 is 2.21 bits per heavy atom. The lowest BCUT2D eigenvalue weighted by Gasteiger charge is -2.11. The van der Waals surface area contributed by atoms with Crippen molar-refractivity contribution in [2.24, 2.45) is 0 Å². The molecule has 3 aromatic carbocycles. The molecule has 0 unspecified atom stereocenters. The lowest BCUT2D eigenvalue weighted by atomic mass is 10.1. The zero-order valence-corrected chi connectivity index (χ0v) is 14.0. The van der Waals surface area contributed by atoms with Gasteiger partial charge < -0.3 is 10.1 Å². The third kappa shape index (κ3) is 4.39. The van der Waals surface area contributed by atoms with E-state index in [9.17, 15) is 0 Å². The van der Waals surface area contributed by atoms with Crippen LogP contribution in [0.5, 0.6) is 5.75 Å². The van der Waals surface area contributed by atoms with Crippen molar-refractivity contribution < 1.29 is 4.74 Å². The number of rotatable bonds is 7. The van der Waals surface area contributed by atoms with Crippen LogP contribution in [-0.4, -0.2) is 0 Å². The largest absolute Gasteiger partial charge is 0.489 e. The van der Waals surface area contributed by atoms with Crippen molar-refractivity contribution in [3.8, 4) is 5.75 Å². The molecular weight excluding hydrogens is 294 g/mol. The first-order valence-corrected chi connectivity index (χ1v) is 8.42. The van der Waals surface area contributed by atoms with Crippen LogP contribution in [0.25, 0.3) is 0 Å². The number of benzene rings is 3. The van der Waals surface area contributed by atoms with Gasteiger partial charge in [0.15, 0.2) is 0 Å². The van der Waals surface area contributed by atoms with E-state index in [-0.39, 0.29) is 0 Å². The molecule has 2 heteroatoms. The molecule has 0 saturated carbocycles. The fourth-order valence-corrected chi connectivity index (χ4v) is 2.64. The van der Waals surface area contributed by atoms with Gasteiger partial charge in [0.05, 0.1) is 0 Å². The molecule has 3 aromatic rings. The van der Waals surface area contributed by atoms with Crippen LogP contribution in [-0.2, 0) is 19.6 Å². The zero-order chi connectivity index (χ0) is 16.6. The standard InChI is InChI=1S/C22H23NO/c1-2-20-10-6-7-11-22(20)23-16-18-12-14-21(15-13-18)24-17-19-8-4-3-5-9-19/h3-15,23H,2,16-17H2,1H3. The number of nitrogens with one attached hydrogen (secondary N) is 1. The van der Waals surface area contributed by atoms with Crippen LogP contribution in [0.15, 0.2) is 78.9 Å². The first-order valence-electron chi connectivity index (χ1n) is 8.42. The van der Waals surface area contributed by atoms with Crippen molar-refractivity contribution in [1.82, 2.24) is 0 Å². The van der Waals surface area contributed by atoms with Gasteiger partial charge in [-0.2, -0.15) is 0 Å². The van der Waals surface area contributed by atoms with Crippen LogP contribution < -0.4 is 10.1 Å². The van der Waals surface area contributed by atoms with Crippen LogP contribution in [0.4, 0.5) is 5.69 Å². The van der Waals surface area contributed by atoms with Gasteiger partial charge in [-0.25, -0.2) is 0 Å². The molecule has 0 saturated heterocycles. The first kappa shape index (κ1) is 16.1. The molecule has 0 spiro atoms. The molecule has 122 valence electrons. The van der Waals surface area contributed by atoms with E-state index < -0.39 is 0 Å². The van der Waals surface area contributed by atoms with Gasteiger partial charge in [-0.3, -0.25) is 0 Å². The second-order valence-electron chi connectivity index (χ2n) is 5.78. The maximum absolute atomic E-state index is 5.83. The molecule has 3 rings (SSSR count). The van der Waals surface area contributed by atoms with Crippen LogP contribution in [0.1, 0.15) is 23.6 Å². The highest BCUT2D eigenvalue weighted by atomic mass is 16.5. The van der Waals surface area contributed by atoms with Gasteiger partial charge in [-0.05, 0) is 41.3 Å². The number of hydrogen-bond acceptors (Lipinski definition) is 2. The smallest absolute Gasteiger partial charge is 0.119 e. The Labute approximate surface area is 144 Å². The van der Waals surface area contributed by atoms with Crippen LogP contribution in [0, 0.1) is 0 Å². The third-order valence-electron chi connectivity index (χ3n) is 4.05. The van der Waals surface area contributed by atoms with Crippen LogP contribution in [0.2, 0.25) is 0 Å². The lowest BCUT2D eigenvalue weighted by molar-refractivity contribution is 0.306. The quantitative estimate of drug-likeness (QED) is 0.626. The van der Waals surface area contributed by atoms with Crippen molar-refractivity contribution in [2.45, 2.75) is 26.5 Å². The fourth-order valence-electron chi connectivity index (χ4n) is 2.64. The summed E-state index contributed by atoms with van der Waals surface area (Å²) in [4.78, 5) is 0. The van der Waals surface area contributed by atoms with Gasteiger partial charge in [0.2, 0.25) is 0 Å². The Morgan fingerprint density at radius 1 is 0.750 bits per heavy atom. The number of hydrogen-bond donors (Lipinski definition) is 1. The van der Waals surface area contributed by atoms with E-state index in [1.165, 1.54) is 22.4 Å². The minimum Gasteiger partial charge on any atom is -0.489 e. The molecule has 0 amide bonds. The maximum Gasteiger partial charge on any atom is 0.119 e. The minimum atomic E-state index is 0.600. The molecule has 2 nitrogen and oxygen atoms in total. The average molecular weight is 317 g/mol. The Bertz CT molecular complexity index is 750. The Hall–Kier alpha value is -2.74. The predicted octanol–water partition coefficient (Wildman–Crippen LogP) is 5.44. The first-order chi connectivity index (χ1) is 11.8. The van der Waals surface area contributed by atoms with Crippen LogP contribution >= 0.6 is 0 Å². The van der Waals surface area contributed by atoms with E-state index in [4.69, 9.17) is 4.74 Å². The Kier molecular flexibility index (Phi) is 5.52. The predicted molar refractivity (Wildman–Crippen MR) is 100 cm³/mol. The van der Waals surface area contributed by atoms with E-state index in [1.54, 1.807) is 0 Å². The van der Waals surface area contributed by atoms with E-state index in [1.807, 2.05) is 30.3 Å². The van der Waals surface area contributed by atoms with E-state index in [2.05, 4.69) is 60.8 Å². The molecule has 0 radical (unpaired) electrons. The third-order valence-corrected chi connectivity index (χ3v) is 4.05. The monoisotopic (exact) mass is 317 g/mol. The number of ether oxygens (including phenoxy) is 1. The molecule has 24 heavy (non-hydrogen) atoms. The zero-order valence-electron chi connectivity index (χ0n) is 14.0. The summed E-state index contributed by atoms with van der Waals surface area (Å²) in [6, 6.07) is 27.0. The summed E-state index contributed by atoms with van der Waals surface area (Å²) >= 11 is 0. The van der Waals surface area contributed by atoms with Gasteiger partial charge >= 0.3 is 0 Å². The van der Waals surface area contributed by atoms with Gasteiger partial charge in [-0.1, -0.05) is 67.6 Å².